The van der Waals surface area contributed by atoms with E-state index in [0.717, 1.165) is 5.69 Å². The zero-order chi connectivity index (χ0) is 11.4. The Kier molecular flexibility index (Phi) is 3.44. The van der Waals surface area contributed by atoms with Gasteiger partial charge in [0.1, 0.15) is 0 Å². The van der Waals surface area contributed by atoms with Crippen molar-refractivity contribution in [1.29, 1.82) is 0 Å². The number of pyridine rings is 1. The van der Waals surface area contributed by atoms with Gasteiger partial charge in [0.05, 0.1) is 0 Å². The van der Waals surface area contributed by atoms with Crippen molar-refractivity contribution < 1.29 is 9.90 Å². The van der Waals surface area contributed by atoms with Crippen LogP contribution in [0.3, 0.4) is 0 Å². The highest BCUT2D eigenvalue weighted by Crippen LogP contribution is 2.12. The van der Waals surface area contributed by atoms with Crippen molar-refractivity contribution in [3.63, 3.8) is 0 Å². The Morgan fingerprint density at radius 3 is 2.87 bits per heavy atom. The lowest BCUT2D eigenvalue weighted by Crippen LogP contribution is -2.12. The molecule has 0 aromatic carbocycles. The quantitative estimate of drug-likeness (QED) is 0.740. The third-order valence-electron chi connectivity index (χ3n) is 1.92. The average Bonchev–Trinajstić information content (AvgIpc) is 2.16. The van der Waals surface area contributed by atoms with E-state index in [1.165, 1.54) is 6.07 Å². The minimum atomic E-state index is -1.02. The first-order chi connectivity index (χ1) is 7.02. The first-order valence-corrected chi connectivity index (χ1v) is 4.64. The number of aromatic carboxylic acids is 1. The van der Waals surface area contributed by atoms with Crippen molar-refractivity contribution in [2.75, 3.05) is 5.32 Å². The highest BCUT2D eigenvalue weighted by atomic mass is 16.4. The summed E-state index contributed by atoms with van der Waals surface area (Å²) in [5.74, 6) is -1.02. The van der Waals surface area contributed by atoms with Crippen LogP contribution < -0.4 is 5.32 Å². The summed E-state index contributed by atoms with van der Waals surface area (Å²) in [5, 5.41) is 11.9. The number of aryl methyl sites for hydroxylation is 1. The Morgan fingerprint density at radius 1 is 1.67 bits per heavy atom. The summed E-state index contributed by atoms with van der Waals surface area (Å²) < 4.78 is 0. The molecular formula is C11H14N2O2. The maximum atomic E-state index is 10.8. The number of nitrogens with zero attached hydrogens (tertiary/aromatic N) is 1. The van der Waals surface area contributed by atoms with E-state index in [1.54, 1.807) is 19.1 Å². The molecule has 0 aliphatic heterocycles. The van der Waals surface area contributed by atoms with E-state index in [4.69, 9.17) is 5.11 Å². The predicted molar refractivity (Wildman–Crippen MR) is 59.2 cm³/mol. The average molecular weight is 206 g/mol. The molecule has 1 atom stereocenters. The van der Waals surface area contributed by atoms with Crippen LogP contribution in [-0.4, -0.2) is 22.1 Å². The van der Waals surface area contributed by atoms with Gasteiger partial charge in [0.2, 0.25) is 0 Å². The molecule has 0 radical (unpaired) electrons. The first kappa shape index (κ1) is 11.2. The second kappa shape index (κ2) is 4.59. The number of hydrogen-bond donors (Lipinski definition) is 2. The molecule has 0 saturated carbocycles. The number of anilines is 1. The summed E-state index contributed by atoms with van der Waals surface area (Å²) in [4.78, 5) is 14.7. The van der Waals surface area contributed by atoms with E-state index >= 15 is 0 Å². The summed E-state index contributed by atoms with van der Waals surface area (Å²) in [5.41, 5.74) is 1.47. The summed E-state index contributed by atoms with van der Waals surface area (Å²) in [6.45, 7) is 7.34. The fourth-order valence-electron chi connectivity index (χ4n) is 1.18. The molecule has 0 fully saturated rings. The SMILES string of the molecule is C=CC(C)Nc1cc(C)nc(C(=O)O)c1. The molecule has 0 amide bonds. The molecule has 0 bridgehead atoms. The van der Waals surface area contributed by atoms with Gasteiger partial charge >= 0.3 is 5.97 Å². The van der Waals surface area contributed by atoms with Gasteiger partial charge < -0.3 is 10.4 Å². The third-order valence-corrected chi connectivity index (χ3v) is 1.92. The number of carboxylic acid groups (broad SMARTS) is 1. The fourth-order valence-corrected chi connectivity index (χ4v) is 1.18. The second-order valence-electron chi connectivity index (χ2n) is 3.36. The maximum absolute atomic E-state index is 10.8. The molecule has 1 aromatic rings. The highest BCUT2D eigenvalue weighted by Gasteiger charge is 2.07. The van der Waals surface area contributed by atoms with Gasteiger partial charge in [0.15, 0.2) is 5.69 Å². The summed E-state index contributed by atoms with van der Waals surface area (Å²) >= 11 is 0. The van der Waals surface area contributed by atoms with Gasteiger partial charge in [-0.25, -0.2) is 9.78 Å². The Morgan fingerprint density at radius 2 is 2.33 bits per heavy atom. The first-order valence-electron chi connectivity index (χ1n) is 4.64. The van der Waals surface area contributed by atoms with Gasteiger partial charge in [-0.15, -0.1) is 6.58 Å². The maximum Gasteiger partial charge on any atom is 0.354 e. The van der Waals surface area contributed by atoms with Crippen molar-refractivity contribution in [2.24, 2.45) is 0 Å². The minimum absolute atomic E-state index is 0.0498. The number of aromatic nitrogens is 1. The van der Waals surface area contributed by atoms with Crippen LogP contribution in [0.1, 0.15) is 23.1 Å². The van der Waals surface area contributed by atoms with Gasteiger partial charge in [-0.05, 0) is 26.0 Å². The summed E-state index contributed by atoms with van der Waals surface area (Å²) in [6.07, 6.45) is 1.75. The van der Waals surface area contributed by atoms with E-state index in [-0.39, 0.29) is 11.7 Å². The second-order valence-corrected chi connectivity index (χ2v) is 3.36. The van der Waals surface area contributed by atoms with Crippen LogP contribution in [0.25, 0.3) is 0 Å². The molecule has 0 spiro atoms. The molecule has 2 N–H and O–H groups in total. The molecular weight excluding hydrogens is 192 g/mol. The van der Waals surface area contributed by atoms with Crippen LogP contribution in [0.2, 0.25) is 0 Å². The lowest BCUT2D eigenvalue weighted by atomic mass is 10.2. The van der Waals surface area contributed by atoms with Gasteiger partial charge in [-0.2, -0.15) is 0 Å². The normalized spacial score (nSPS) is 11.9. The molecule has 4 heteroatoms. The Hall–Kier alpha value is -1.84. The standard InChI is InChI=1S/C11H14N2O2/c1-4-7(2)12-9-5-8(3)13-10(6-9)11(14)15/h4-7H,1H2,2-3H3,(H,12,13)(H,14,15). The van der Waals surface area contributed by atoms with Crippen LogP contribution in [0.4, 0.5) is 5.69 Å². The van der Waals surface area contributed by atoms with E-state index < -0.39 is 5.97 Å². The van der Waals surface area contributed by atoms with Crippen LogP contribution in [-0.2, 0) is 0 Å². The molecule has 1 heterocycles. The molecule has 15 heavy (non-hydrogen) atoms. The number of carboxylic acids is 1. The fraction of sp³-hybridized carbons (Fsp3) is 0.273. The van der Waals surface area contributed by atoms with Crippen molar-refractivity contribution in [3.8, 4) is 0 Å². The predicted octanol–water partition coefficient (Wildman–Crippen LogP) is 2.07. The number of carbonyl (C=O) groups is 1. The van der Waals surface area contributed by atoms with Crippen LogP contribution in [0, 0.1) is 6.92 Å². The monoisotopic (exact) mass is 206 g/mol. The smallest absolute Gasteiger partial charge is 0.354 e. The van der Waals surface area contributed by atoms with Crippen molar-refractivity contribution in [2.45, 2.75) is 19.9 Å². The topological polar surface area (TPSA) is 62.2 Å². The summed E-state index contributed by atoms with van der Waals surface area (Å²) in [7, 11) is 0. The molecule has 0 aliphatic carbocycles. The lowest BCUT2D eigenvalue weighted by molar-refractivity contribution is 0.0690. The zero-order valence-corrected chi connectivity index (χ0v) is 8.82. The minimum Gasteiger partial charge on any atom is -0.477 e. The Balaban J connectivity index is 2.98. The van der Waals surface area contributed by atoms with Crippen molar-refractivity contribution in [1.82, 2.24) is 4.98 Å². The number of nitrogens with one attached hydrogen (secondary N) is 1. The highest BCUT2D eigenvalue weighted by molar-refractivity contribution is 5.86. The largest absolute Gasteiger partial charge is 0.477 e. The molecule has 4 nitrogen and oxygen atoms in total. The van der Waals surface area contributed by atoms with E-state index in [0.29, 0.717) is 5.69 Å². The van der Waals surface area contributed by atoms with Gasteiger partial charge in [-0.3, -0.25) is 0 Å². The zero-order valence-electron chi connectivity index (χ0n) is 8.82. The summed E-state index contributed by atoms with van der Waals surface area (Å²) in [6, 6.07) is 3.40. The number of rotatable bonds is 4. The molecule has 80 valence electrons. The van der Waals surface area contributed by atoms with Gasteiger partial charge in [-0.1, -0.05) is 6.08 Å². The third kappa shape index (κ3) is 3.09. The lowest BCUT2D eigenvalue weighted by Gasteiger charge is -2.11. The molecule has 0 saturated heterocycles. The van der Waals surface area contributed by atoms with Crippen LogP contribution in [0.5, 0.6) is 0 Å². The van der Waals surface area contributed by atoms with E-state index in [9.17, 15) is 4.79 Å². The number of hydrogen-bond acceptors (Lipinski definition) is 3. The van der Waals surface area contributed by atoms with Crippen molar-refractivity contribution >= 4 is 11.7 Å². The van der Waals surface area contributed by atoms with Crippen molar-refractivity contribution in [3.05, 3.63) is 36.2 Å². The molecule has 0 aliphatic rings. The Bertz CT molecular complexity index is 388. The van der Waals surface area contributed by atoms with Crippen LogP contribution in [0.15, 0.2) is 24.8 Å². The molecule has 1 unspecified atom stereocenters. The van der Waals surface area contributed by atoms with E-state index in [2.05, 4.69) is 16.9 Å². The van der Waals surface area contributed by atoms with Gasteiger partial charge in [0.25, 0.3) is 0 Å². The van der Waals surface area contributed by atoms with Crippen LogP contribution >= 0.6 is 0 Å². The van der Waals surface area contributed by atoms with Gasteiger partial charge in [0, 0.05) is 17.4 Å². The molecule has 1 rings (SSSR count). The Labute approximate surface area is 88.7 Å². The molecule has 1 aromatic heterocycles. The van der Waals surface area contributed by atoms with E-state index in [1.807, 2.05) is 6.92 Å².